The number of allylic oxidation sites excluding steroid dienone is 2. The normalized spacial score (nSPS) is 40.5. The summed E-state index contributed by atoms with van der Waals surface area (Å²) in [7, 11) is 0. The minimum atomic E-state index is 0.405. The van der Waals surface area contributed by atoms with Crippen molar-refractivity contribution in [2.75, 3.05) is 0 Å². The standard InChI is InChI=1S/C33H56OS/c1-8-23(4)20-31(34)35-26-16-18-32(6)25(21-26)12-13-27-29-15-14-28(24(5)11-9-10-22(2)3)33(29,7)19-17-30(27)32/h12,22-24,26-30H,8-11,13-21H2,1-7H3/t23-,24-,26-,27+,28-,29+,30+,32-,33+/m0/s1. The van der Waals surface area contributed by atoms with Crippen LogP contribution in [-0.2, 0) is 4.79 Å². The Morgan fingerprint density at radius 2 is 1.80 bits per heavy atom. The summed E-state index contributed by atoms with van der Waals surface area (Å²) in [4.78, 5) is 12.6. The van der Waals surface area contributed by atoms with Gasteiger partial charge in [0.2, 0.25) is 0 Å². The molecule has 3 fully saturated rings. The Morgan fingerprint density at radius 3 is 2.51 bits per heavy atom. The van der Waals surface area contributed by atoms with Crippen LogP contribution in [0.3, 0.4) is 0 Å². The highest BCUT2D eigenvalue weighted by Crippen LogP contribution is 2.67. The summed E-state index contributed by atoms with van der Waals surface area (Å²) < 4.78 is 0. The molecule has 0 aromatic heterocycles. The Kier molecular flexibility index (Phi) is 8.93. The first-order chi connectivity index (χ1) is 16.6. The molecule has 4 aliphatic carbocycles. The first kappa shape index (κ1) is 27.8. The molecule has 0 saturated heterocycles. The second-order valence-electron chi connectivity index (χ2n) is 14.4. The van der Waals surface area contributed by atoms with Crippen molar-refractivity contribution in [3.8, 4) is 0 Å². The Balaban J connectivity index is 1.41. The highest BCUT2D eigenvalue weighted by atomic mass is 32.2. The van der Waals surface area contributed by atoms with Gasteiger partial charge in [0, 0.05) is 11.7 Å². The summed E-state index contributed by atoms with van der Waals surface area (Å²) in [5, 5.41) is 0.967. The van der Waals surface area contributed by atoms with Crippen molar-refractivity contribution in [2.24, 2.45) is 52.3 Å². The van der Waals surface area contributed by atoms with Crippen LogP contribution in [0.4, 0.5) is 0 Å². The van der Waals surface area contributed by atoms with Crippen molar-refractivity contribution >= 4 is 16.9 Å². The summed E-state index contributed by atoms with van der Waals surface area (Å²) in [6.07, 6.45) is 19.8. The van der Waals surface area contributed by atoms with Gasteiger partial charge in [-0.3, -0.25) is 4.79 Å². The summed E-state index contributed by atoms with van der Waals surface area (Å²) in [6, 6.07) is 0. The van der Waals surface area contributed by atoms with Crippen molar-refractivity contribution in [3.05, 3.63) is 11.6 Å². The molecule has 0 spiro atoms. The number of fused-ring (bicyclic) bond motifs is 5. The van der Waals surface area contributed by atoms with Gasteiger partial charge in [0.15, 0.2) is 5.12 Å². The van der Waals surface area contributed by atoms with Crippen molar-refractivity contribution in [3.63, 3.8) is 0 Å². The van der Waals surface area contributed by atoms with Gasteiger partial charge in [0.25, 0.3) is 0 Å². The predicted octanol–water partition coefficient (Wildman–Crippen LogP) is 10.1. The van der Waals surface area contributed by atoms with Gasteiger partial charge in [-0.1, -0.05) is 97.6 Å². The van der Waals surface area contributed by atoms with Crippen LogP contribution in [0.5, 0.6) is 0 Å². The van der Waals surface area contributed by atoms with Crippen LogP contribution in [-0.4, -0.2) is 10.4 Å². The molecule has 2 heteroatoms. The summed E-state index contributed by atoms with van der Waals surface area (Å²) in [5.41, 5.74) is 2.72. The highest BCUT2D eigenvalue weighted by molar-refractivity contribution is 8.14. The quantitative estimate of drug-likeness (QED) is 0.293. The first-order valence-corrected chi connectivity index (χ1v) is 16.3. The number of carbonyl (C=O) groups is 1. The van der Waals surface area contributed by atoms with Crippen LogP contribution in [0.1, 0.15) is 132 Å². The van der Waals surface area contributed by atoms with Gasteiger partial charge in [-0.15, -0.1) is 0 Å². The molecule has 0 aromatic carbocycles. The molecule has 0 unspecified atom stereocenters. The van der Waals surface area contributed by atoms with Gasteiger partial charge in [-0.25, -0.2) is 0 Å². The molecule has 3 saturated carbocycles. The van der Waals surface area contributed by atoms with E-state index in [1.165, 1.54) is 70.6 Å². The van der Waals surface area contributed by atoms with E-state index in [1.807, 2.05) is 0 Å². The maximum atomic E-state index is 12.6. The molecule has 0 N–H and O–H groups in total. The monoisotopic (exact) mass is 500 g/mol. The molecule has 0 amide bonds. The third kappa shape index (κ3) is 5.63. The van der Waals surface area contributed by atoms with Crippen LogP contribution in [0.2, 0.25) is 0 Å². The zero-order valence-electron chi connectivity index (χ0n) is 24.2. The molecule has 35 heavy (non-hydrogen) atoms. The fourth-order valence-electron chi connectivity index (χ4n) is 9.42. The Hall–Kier alpha value is -0.240. The molecule has 4 rings (SSSR count). The van der Waals surface area contributed by atoms with E-state index in [4.69, 9.17) is 0 Å². The van der Waals surface area contributed by atoms with E-state index in [0.29, 0.717) is 27.1 Å². The average Bonchev–Trinajstić information content (AvgIpc) is 3.16. The summed E-state index contributed by atoms with van der Waals surface area (Å²) in [5.74, 6) is 5.96. The molecule has 1 nitrogen and oxygen atoms in total. The van der Waals surface area contributed by atoms with Crippen LogP contribution >= 0.6 is 11.8 Å². The van der Waals surface area contributed by atoms with Gasteiger partial charge in [0.05, 0.1) is 0 Å². The number of rotatable bonds is 9. The van der Waals surface area contributed by atoms with Gasteiger partial charge in [0.1, 0.15) is 0 Å². The van der Waals surface area contributed by atoms with E-state index in [-0.39, 0.29) is 0 Å². The molecule has 0 heterocycles. The van der Waals surface area contributed by atoms with E-state index < -0.39 is 0 Å². The zero-order chi connectivity index (χ0) is 25.4. The van der Waals surface area contributed by atoms with E-state index in [9.17, 15) is 4.79 Å². The lowest BCUT2D eigenvalue weighted by Gasteiger charge is -2.58. The minimum absolute atomic E-state index is 0.405. The minimum Gasteiger partial charge on any atom is -0.287 e. The van der Waals surface area contributed by atoms with E-state index in [0.717, 1.165) is 48.3 Å². The van der Waals surface area contributed by atoms with E-state index in [1.54, 1.807) is 17.3 Å². The predicted molar refractivity (Wildman–Crippen MR) is 154 cm³/mol. The third-order valence-corrected chi connectivity index (χ3v) is 12.9. The van der Waals surface area contributed by atoms with Gasteiger partial charge >= 0.3 is 0 Å². The largest absolute Gasteiger partial charge is 0.287 e. The lowest BCUT2D eigenvalue weighted by molar-refractivity contribution is -0.111. The number of carbonyl (C=O) groups excluding carboxylic acids is 1. The second kappa shape index (κ2) is 11.2. The van der Waals surface area contributed by atoms with Crippen LogP contribution in [0.15, 0.2) is 11.6 Å². The molecule has 4 aliphatic rings. The number of hydrogen-bond acceptors (Lipinski definition) is 2. The molecule has 0 bridgehead atoms. The molecule has 0 aliphatic heterocycles. The topological polar surface area (TPSA) is 17.1 Å². The molecule has 0 aromatic rings. The molecule has 200 valence electrons. The smallest absolute Gasteiger partial charge is 0.189 e. The maximum Gasteiger partial charge on any atom is 0.189 e. The van der Waals surface area contributed by atoms with Crippen molar-refractivity contribution < 1.29 is 4.79 Å². The van der Waals surface area contributed by atoms with Gasteiger partial charge in [-0.2, -0.15) is 0 Å². The lowest BCUT2D eigenvalue weighted by atomic mass is 9.47. The third-order valence-electron chi connectivity index (χ3n) is 11.8. The second-order valence-corrected chi connectivity index (χ2v) is 15.7. The van der Waals surface area contributed by atoms with Gasteiger partial charge < -0.3 is 0 Å². The molecular weight excluding hydrogens is 444 g/mol. The fourth-order valence-corrected chi connectivity index (χ4v) is 10.7. The molecule has 0 radical (unpaired) electrons. The van der Waals surface area contributed by atoms with Crippen molar-refractivity contribution in [1.29, 1.82) is 0 Å². The zero-order valence-corrected chi connectivity index (χ0v) is 25.0. The molecular formula is C33H56OS. The fraction of sp³-hybridized carbons (Fsp3) is 0.909. The SMILES string of the molecule is CC[C@H](C)CC(=O)S[C@H]1CC[C@@]2(C)C(=CC[C@@H]3[C@H]4CC[C@@H]([C@@H](C)CCCC(C)C)[C@@]4(C)CC[C@H]32)C1. The van der Waals surface area contributed by atoms with Crippen molar-refractivity contribution in [1.82, 2.24) is 0 Å². The van der Waals surface area contributed by atoms with Crippen LogP contribution < -0.4 is 0 Å². The van der Waals surface area contributed by atoms with E-state index in [2.05, 4.69) is 54.5 Å². The Bertz CT molecular complexity index is 769. The highest BCUT2D eigenvalue weighted by Gasteiger charge is 2.59. The summed E-state index contributed by atoms with van der Waals surface area (Å²) >= 11 is 1.69. The average molecular weight is 501 g/mol. The Morgan fingerprint density at radius 1 is 1.03 bits per heavy atom. The first-order valence-electron chi connectivity index (χ1n) is 15.5. The van der Waals surface area contributed by atoms with Gasteiger partial charge in [-0.05, 0) is 104 Å². The maximum absolute atomic E-state index is 12.6. The number of hydrogen-bond donors (Lipinski definition) is 0. The van der Waals surface area contributed by atoms with E-state index >= 15 is 0 Å². The Labute approximate surface area is 222 Å². The summed E-state index contributed by atoms with van der Waals surface area (Å²) in [6.45, 7) is 17.1. The van der Waals surface area contributed by atoms with Crippen molar-refractivity contribution in [2.45, 2.75) is 137 Å². The lowest BCUT2D eigenvalue weighted by Crippen LogP contribution is -2.50. The van der Waals surface area contributed by atoms with Crippen LogP contribution in [0, 0.1) is 52.3 Å². The molecule has 9 atom stereocenters. The van der Waals surface area contributed by atoms with Crippen LogP contribution in [0.25, 0.3) is 0 Å². The number of thioether (sulfide) groups is 1.